The molecule has 1 amide bonds. The second kappa shape index (κ2) is 8.72. The highest BCUT2D eigenvalue weighted by atomic mass is 16.5. The quantitative estimate of drug-likeness (QED) is 0.859. The van der Waals surface area contributed by atoms with Crippen molar-refractivity contribution in [3.8, 4) is 5.75 Å². The number of hydrogen-bond donors (Lipinski definition) is 1. The van der Waals surface area contributed by atoms with Gasteiger partial charge < -0.3 is 19.7 Å². The number of morpholine rings is 1. The number of benzene rings is 2. The summed E-state index contributed by atoms with van der Waals surface area (Å²) in [5.74, 6) is 0.722. The lowest BCUT2D eigenvalue weighted by atomic mass is 10.1. The monoisotopic (exact) mass is 354 g/mol. The van der Waals surface area contributed by atoms with Crippen molar-refractivity contribution in [1.82, 2.24) is 0 Å². The van der Waals surface area contributed by atoms with E-state index in [9.17, 15) is 4.79 Å². The van der Waals surface area contributed by atoms with Crippen LogP contribution >= 0.6 is 0 Å². The predicted octanol–water partition coefficient (Wildman–Crippen LogP) is 3.71. The van der Waals surface area contributed by atoms with Gasteiger partial charge in [0.25, 0.3) is 0 Å². The maximum Gasteiger partial charge on any atom is 0.227 e. The number of para-hydroxylation sites is 1. The zero-order chi connectivity index (χ0) is 18.4. The van der Waals surface area contributed by atoms with Crippen molar-refractivity contribution in [2.45, 2.75) is 32.4 Å². The van der Waals surface area contributed by atoms with Crippen LogP contribution in [-0.4, -0.2) is 37.8 Å². The van der Waals surface area contributed by atoms with E-state index in [1.54, 1.807) is 0 Å². The van der Waals surface area contributed by atoms with E-state index in [2.05, 4.69) is 36.2 Å². The first kappa shape index (κ1) is 18.3. The lowest BCUT2D eigenvalue weighted by molar-refractivity contribution is -0.116. The molecule has 1 N–H and O–H groups in total. The number of nitrogens with zero attached hydrogens (tertiary/aromatic N) is 1. The van der Waals surface area contributed by atoms with Crippen molar-refractivity contribution in [2.24, 2.45) is 0 Å². The lowest BCUT2D eigenvalue weighted by Crippen LogP contribution is -2.49. The van der Waals surface area contributed by atoms with Gasteiger partial charge in [-0.05, 0) is 50.2 Å². The van der Waals surface area contributed by atoms with Crippen molar-refractivity contribution in [1.29, 1.82) is 0 Å². The van der Waals surface area contributed by atoms with Crippen LogP contribution in [0.1, 0.15) is 20.3 Å². The fourth-order valence-electron chi connectivity index (χ4n) is 3.23. The van der Waals surface area contributed by atoms with Crippen molar-refractivity contribution in [3.05, 3.63) is 54.6 Å². The Kier molecular flexibility index (Phi) is 6.12. The lowest BCUT2D eigenvalue weighted by Gasteiger charge is -2.40. The van der Waals surface area contributed by atoms with Crippen molar-refractivity contribution >= 4 is 17.3 Å². The molecule has 5 heteroatoms. The first-order valence-corrected chi connectivity index (χ1v) is 9.07. The van der Waals surface area contributed by atoms with E-state index in [0.29, 0.717) is 25.1 Å². The molecule has 1 saturated heterocycles. The molecule has 2 aromatic rings. The van der Waals surface area contributed by atoms with Crippen LogP contribution < -0.4 is 15.0 Å². The molecule has 1 aliphatic rings. The van der Waals surface area contributed by atoms with Gasteiger partial charge in [-0.25, -0.2) is 0 Å². The number of amides is 1. The largest absolute Gasteiger partial charge is 0.493 e. The third kappa shape index (κ3) is 4.76. The maximum atomic E-state index is 12.1. The molecule has 2 aromatic carbocycles. The predicted molar refractivity (Wildman–Crippen MR) is 104 cm³/mol. The topological polar surface area (TPSA) is 50.8 Å². The number of carbonyl (C=O) groups excluding carboxylic acids is 1. The molecule has 1 aliphatic heterocycles. The van der Waals surface area contributed by atoms with Crippen LogP contribution in [-0.2, 0) is 9.53 Å². The first-order chi connectivity index (χ1) is 12.6. The number of hydrogen-bond acceptors (Lipinski definition) is 4. The summed E-state index contributed by atoms with van der Waals surface area (Å²) in [6.07, 6.45) is 0.314. The standard InChI is InChI=1S/C21H26N2O3/c1-16-14-25-15-17(2)23(16)19-10-8-18(9-11-19)22-21(24)12-13-26-20-6-4-3-5-7-20/h3-11,16-17H,12-15H2,1-2H3,(H,22,24). The van der Waals surface area contributed by atoms with E-state index < -0.39 is 0 Å². The van der Waals surface area contributed by atoms with Gasteiger partial charge in [0.1, 0.15) is 5.75 Å². The maximum absolute atomic E-state index is 12.1. The Morgan fingerprint density at radius 3 is 2.38 bits per heavy atom. The molecular weight excluding hydrogens is 328 g/mol. The van der Waals surface area contributed by atoms with Crippen LogP contribution in [0, 0.1) is 0 Å². The fourth-order valence-corrected chi connectivity index (χ4v) is 3.23. The highest BCUT2D eigenvalue weighted by molar-refractivity contribution is 5.91. The number of anilines is 2. The number of rotatable bonds is 6. The molecule has 2 unspecified atom stereocenters. The van der Waals surface area contributed by atoms with E-state index in [1.807, 2.05) is 42.5 Å². The zero-order valence-electron chi connectivity index (χ0n) is 15.4. The van der Waals surface area contributed by atoms with Crippen LogP contribution in [0.5, 0.6) is 5.75 Å². The smallest absolute Gasteiger partial charge is 0.227 e. The number of ether oxygens (including phenoxy) is 2. The molecule has 26 heavy (non-hydrogen) atoms. The van der Waals surface area contributed by atoms with E-state index in [-0.39, 0.29) is 5.91 Å². The first-order valence-electron chi connectivity index (χ1n) is 9.07. The van der Waals surface area contributed by atoms with Crippen molar-refractivity contribution < 1.29 is 14.3 Å². The molecule has 0 saturated carbocycles. The van der Waals surface area contributed by atoms with Crippen LogP contribution in [0.3, 0.4) is 0 Å². The zero-order valence-corrected chi connectivity index (χ0v) is 15.4. The second-order valence-electron chi connectivity index (χ2n) is 6.65. The molecule has 3 rings (SSSR count). The Hall–Kier alpha value is -2.53. The van der Waals surface area contributed by atoms with Crippen LogP contribution in [0.2, 0.25) is 0 Å². The van der Waals surface area contributed by atoms with Gasteiger partial charge in [0, 0.05) is 23.5 Å². The van der Waals surface area contributed by atoms with Gasteiger partial charge in [0.05, 0.1) is 26.2 Å². The fraction of sp³-hybridized carbons (Fsp3) is 0.381. The summed E-state index contributed by atoms with van der Waals surface area (Å²) in [6, 6.07) is 18.2. The van der Waals surface area contributed by atoms with Gasteiger partial charge >= 0.3 is 0 Å². The minimum absolute atomic E-state index is 0.0539. The number of nitrogens with one attached hydrogen (secondary N) is 1. The highest BCUT2D eigenvalue weighted by Crippen LogP contribution is 2.25. The molecule has 0 aliphatic carbocycles. The Bertz CT molecular complexity index is 693. The molecule has 0 bridgehead atoms. The summed E-state index contributed by atoms with van der Waals surface area (Å²) >= 11 is 0. The highest BCUT2D eigenvalue weighted by Gasteiger charge is 2.25. The van der Waals surface area contributed by atoms with Gasteiger partial charge in [-0.15, -0.1) is 0 Å². The van der Waals surface area contributed by atoms with Gasteiger partial charge in [-0.1, -0.05) is 18.2 Å². The molecule has 5 nitrogen and oxygen atoms in total. The Morgan fingerprint density at radius 1 is 1.08 bits per heavy atom. The molecule has 2 atom stereocenters. The summed E-state index contributed by atoms with van der Waals surface area (Å²) in [5, 5.41) is 2.92. The number of carbonyl (C=O) groups is 1. The Balaban J connectivity index is 1.50. The van der Waals surface area contributed by atoms with Crippen LogP contribution in [0.4, 0.5) is 11.4 Å². The third-order valence-electron chi connectivity index (χ3n) is 4.46. The molecule has 1 fully saturated rings. The minimum atomic E-state index is -0.0539. The van der Waals surface area contributed by atoms with Crippen LogP contribution in [0.25, 0.3) is 0 Å². The third-order valence-corrected chi connectivity index (χ3v) is 4.46. The Morgan fingerprint density at radius 2 is 1.73 bits per heavy atom. The summed E-state index contributed by atoms with van der Waals surface area (Å²) in [4.78, 5) is 14.4. The van der Waals surface area contributed by atoms with Gasteiger partial charge in [0.15, 0.2) is 0 Å². The average molecular weight is 354 g/mol. The van der Waals surface area contributed by atoms with E-state index in [1.165, 1.54) is 0 Å². The summed E-state index contributed by atoms with van der Waals surface area (Å²) in [7, 11) is 0. The van der Waals surface area contributed by atoms with Crippen molar-refractivity contribution in [3.63, 3.8) is 0 Å². The molecule has 0 radical (unpaired) electrons. The van der Waals surface area contributed by atoms with E-state index in [4.69, 9.17) is 9.47 Å². The molecule has 0 spiro atoms. The van der Waals surface area contributed by atoms with E-state index in [0.717, 1.165) is 30.3 Å². The van der Waals surface area contributed by atoms with E-state index >= 15 is 0 Å². The minimum Gasteiger partial charge on any atom is -0.493 e. The van der Waals surface area contributed by atoms with Gasteiger partial charge in [0.2, 0.25) is 5.91 Å². The van der Waals surface area contributed by atoms with Crippen molar-refractivity contribution in [2.75, 3.05) is 30.0 Å². The molecule has 0 aromatic heterocycles. The second-order valence-corrected chi connectivity index (χ2v) is 6.65. The Labute approximate surface area is 154 Å². The molecule has 138 valence electrons. The summed E-state index contributed by atoms with van der Waals surface area (Å²) in [5.41, 5.74) is 1.95. The normalized spacial score (nSPS) is 19.8. The average Bonchev–Trinajstić information content (AvgIpc) is 2.64. The molecular formula is C21H26N2O3. The summed E-state index contributed by atoms with van der Waals surface area (Å²) < 4.78 is 11.1. The van der Waals surface area contributed by atoms with Crippen LogP contribution in [0.15, 0.2) is 54.6 Å². The van der Waals surface area contributed by atoms with Gasteiger partial charge in [-0.3, -0.25) is 4.79 Å². The molecule has 1 heterocycles. The van der Waals surface area contributed by atoms with Gasteiger partial charge in [-0.2, -0.15) is 0 Å². The summed E-state index contributed by atoms with van der Waals surface area (Å²) in [6.45, 7) is 6.17. The SMILES string of the molecule is CC1COCC(C)N1c1ccc(NC(=O)CCOc2ccccc2)cc1.